The number of rotatable bonds is 4. The summed E-state index contributed by atoms with van der Waals surface area (Å²) < 4.78 is 24.5. The maximum atomic E-state index is 12.4. The Kier molecular flexibility index (Phi) is 4.81. The van der Waals surface area contributed by atoms with E-state index in [9.17, 15) is 13.2 Å². The van der Waals surface area contributed by atoms with Gasteiger partial charge in [-0.2, -0.15) is 0 Å². The van der Waals surface area contributed by atoms with Crippen molar-refractivity contribution in [1.82, 2.24) is 4.98 Å². The van der Waals surface area contributed by atoms with E-state index >= 15 is 0 Å². The molecule has 130 valence electrons. The van der Waals surface area contributed by atoms with Gasteiger partial charge in [0.25, 0.3) is 5.91 Å². The third kappa shape index (κ3) is 3.84. The second-order valence-electron chi connectivity index (χ2n) is 5.55. The number of fused-ring (bicyclic) bond motifs is 1. The van der Waals surface area contributed by atoms with Crippen molar-refractivity contribution in [2.24, 2.45) is 0 Å². The standard InChI is InChI=1S/C17H15ClN2O3S2/c1-3-10-4-7-13-14(8-10)24-17(19-13)20-16(21)11-5-6-12(18)15(9-11)25(2,22)23/h4-9H,3H2,1-2H3,(H,19,20,21). The van der Waals surface area contributed by atoms with E-state index < -0.39 is 15.7 Å². The Bertz CT molecular complexity index is 1070. The first-order valence-corrected chi connectivity index (χ1v) is 10.6. The molecule has 25 heavy (non-hydrogen) atoms. The summed E-state index contributed by atoms with van der Waals surface area (Å²) in [5, 5.41) is 3.26. The topological polar surface area (TPSA) is 76.1 Å². The highest BCUT2D eigenvalue weighted by atomic mass is 35.5. The number of amides is 1. The molecular formula is C17H15ClN2O3S2. The summed E-state index contributed by atoms with van der Waals surface area (Å²) in [7, 11) is -3.52. The molecule has 0 bridgehead atoms. The molecule has 0 radical (unpaired) electrons. The summed E-state index contributed by atoms with van der Waals surface area (Å²) in [6.45, 7) is 2.07. The molecule has 0 aliphatic rings. The maximum Gasteiger partial charge on any atom is 0.257 e. The number of carbonyl (C=O) groups excluding carboxylic acids is 1. The van der Waals surface area contributed by atoms with Gasteiger partial charge in [-0.05, 0) is 42.3 Å². The van der Waals surface area contributed by atoms with Gasteiger partial charge in [-0.15, -0.1) is 0 Å². The average Bonchev–Trinajstić information content (AvgIpc) is 2.95. The van der Waals surface area contributed by atoms with Crippen molar-refractivity contribution >= 4 is 54.0 Å². The van der Waals surface area contributed by atoms with Gasteiger partial charge in [-0.25, -0.2) is 13.4 Å². The number of thiazole rings is 1. The molecule has 1 heterocycles. The highest BCUT2D eigenvalue weighted by Crippen LogP contribution is 2.28. The van der Waals surface area contributed by atoms with Crippen LogP contribution in [0.3, 0.4) is 0 Å². The van der Waals surface area contributed by atoms with Crippen molar-refractivity contribution in [3.05, 3.63) is 52.5 Å². The smallest absolute Gasteiger partial charge is 0.257 e. The zero-order valence-electron chi connectivity index (χ0n) is 13.5. The van der Waals surface area contributed by atoms with Gasteiger partial charge in [0.05, 0.1) is 20.1 Å². The molecule has 0 fully saturated rings. The van der Waals surface area contributed by atoms with Crippen molar-refractivity contribution in [3.63, 3.8) is 0 Å². The zero-order chi connectivity index (χ0) is 18.2. The molecule has 1 N–H and O–H groups in total. The van der Waals surface area contributed by atoms with Gasteiger partial charge in [0.2, 0.25) is 0 Å². The lowest BCUT2D eigenvalue weighted by Gasteiger charge is -2.06. The van der Waals surface area contributed by atoms with E-state index in [1.807, 2.05) is 18.2 Å². The predicted octanol–water partition coefficient (Wildman–Crippen LogP) is 4.17. The van der Waals surface area contributed by atoms with Crippen molar-refractivity contribution < 1.29 is 13.2 Å². The van der Waals surface area contributed by atoms with Crippen LogP contribution in [0.5, 0.6) is 0 Å². The molecule has 8 heteroatoms. The Morgan fingerprint density at radius 2 is 2.00 bits per heavy atom. The van der Waals surface area contributed by atoms with Crippen LogP contribution >= 0.6 is 22.9 Å². The molecule has 5 nitrogen and oxygen atoms in total. The number of hydrogen-bond acceptors (Lipinski definition) is 5. The van der Waals surface area contributed by atoms with E-state index in [0.717, 1.165) is 22.9 Å². The van der Waals surface area contributed by atoms with Crippen LogP contribution in [-0.4, -0.2) is 25.6 Å². The third-order valence-electron chi connectivity index (χ3n) is 3.67. The average molecular weight is 395 g/mol. The molecule has 2 aromatic carbocycles. The van der Waals surface area contributed by atoms with Crippen LogP contribution in [0.25, 0.3) is 10.2 Å². The Morgan fingerprint density at radius 1 is 1.24 bits per heavy atom. The van der Waals surface area contributed by atoms with E-state index in [4.69, 9.17) is 11.6 Å². The number of benzene rings is 2. The number of halogens is 1. The van der Waals surface area contributed by atoms with Gasteiger partial charge >= 0.3 is 0 Å². The molecule has 0 unspecified atom stereocenters. The Hall–Kier alpha value is -1.96. The molecule has 0 aliphatic carbocycles. The summed E-state index contributed by atoms with van der Waals surface area (Å²) in [4.78, 5) is 16.7. The van der Waals surface area contributed by atoms with E-state index in [1.54, 1.807) is 0 Å². The van der Waals surface area contributed by atoms with Gasteiger partial charge in [0.1, 0.15) is 0 Å². The molecule has 1 amide bonds. The van der Waals surface area contributed by atoms with Gasteiger partial charge in [0.15, 0.2) is 15.0 Å². The lowest BCUT2D eigenvalue weighted by atomic mass is 10.2. The highest BCUT2D eigenvalue weighted by molar-refractivity contribution is 7.90. The summed E-state index contributed by atoms with van der Waals surface area (Å²) in [6.07, 6.45) is 1.98. The Labute approximate surface area is 154 Å². The number of carbonyl (C=O) groups is 1. The van der Waals surface area contributed by atoms with Gasteiger partial charge in [-0.1, -0.05) is 35.9 Å². The molecule has 1 aromatic heterocycles. The highest BCUT2D eigenvalue weighted by Gasteiger charge is 2.17. The summed E-state index contributed by atoms with van der Waals surface area (Å²) in [6, 6.07) is 10.1. The number of aromatic nitrogens is 1. The van der Waals surface area contributed by atoms with Crippen LogP contribution in [0.2, 0.25) is 5.02 Å². The minimum atomic E-state index is -3.52. The fourth-order valence-corrected chi connectivity index (χ4v) is 4.57. The van der Waals surface area contributed by atoms with E-state index in [1.165, 1.54) is 35.1 Å². The second-order valence-corrected chi connectivity index (χ2v) is 8.97. The van der Waals surface area contributed by atoms with Gasteiger partial charge in [0, 0.05) is 11.8 Å². The maximum absolute atomic E-state index is 12.4. The fourth-order valence-electron chi connectivity index (χ4n) is 2.34. The second kappa shape index (κ2) is 6.74. The van der Waals surface area contributed by atoms with Crippen molar-refractivity contribution in [3.8, 4) is 0 Å². The quantitative estimate of drug-likeness (QED) is 0.720. The number of hydrogen-bond donors (Lipinski definition) is 1. The van der Waals surface area contributed by atoms with Crippen LogP contribution in [0, 0.1) is 0 Å². The fraction of sp³-hybridized carbons (Fsp3) is 0.176. The molecule has 0 saturated carbocycles. The molecular weight excluding hydrogens is 380 g/mol. The van der Waals surface area contributed by atoms with E-state index in [-0.39, 0.29) is 15.5 Å². The molecule has 3 rings (SSSR count). The van der Waals surface area contributed by atoms with Crippen LogP contribution in [0.4, 0.5) is 5.13 Å². The normalized spacial score (nSPS) is 11.6. The van der Waals surface area contributed by atoms with Crippen molar-refractivity contribution in [2.75, 3.05) is 11.6 Å². The Balaban J connectivity index is 1.90. The molecule has 0 saturated heterocycles. The van der Waals surface area contributed by atoms with Gasteiger partial charge < -0.3 is 0 Å². The van der Waals surface area contributed by atoms with Crippen LogP contribution in [0.1, 0.15) is 22.8 Å². The van der Waals surface area contributed by atoms with E-state index in [2.05, 4.69) is 17.2 Å². The van der Waals surface area contributed by atoms with Crippen LogP contribution < -0.4 is 5.32 Å². The van der Waals surface area contributed by atoms with Crippen molar-refractivity contribution in [1.29, 1.82) is 0 Å². The zero-order valence-corrected chi connectivity index (χ0v) is 15.9. The lowest BCUT2D eigenvalue weighted by molar-refractivity contribution is 0.102. The number of nitrogens with zero attached hydrogens (tertiary/aromatic N) is 1. The molecule has 3 aromatic rings. The third-order valence-corrected chi connectivity index (χ3v) is 6.19. The summed E-state index contributed by atoms with van der Waals surface area (Å²) in [5.74, 6) is -0.434. The number of nitrogens with one attached hydrogen (secondary N) is 1. The SMILES string of the molecule is CCc1ccc2nc(NC(=O)c3ccc(Cl)c(S(C)(=O)=O)c3)sc2c1. The minimum absolute atomic E-state index is 0.0706. The first-order chi connectivity index (χ1) is 11.8. The van der Waals surface area contributed by atoms with Crippen molar-refractivity contribution in [2.45, 2.75) is 18.2 Å². The first kappa shape index (κ1) is 17.8. The molecule has 0 spiro atoms. The summed E-state index contributed by atoms with van der Waals surface area (Å²) in [5.41, 5.74) is 2.22. The predicted molar refractivity (Wildman–Crippen MR) is 102 cm³/mol. The minimum Gasteiger partial charge on any atom is -0.298 e. The molecule has 0 aliphatic heterocycles. The van der Waals surface area contributed by atoms with Gasteiger partial charge in [-0.3, -0.25) is 10.1 Å². The number of sulfone groups is 1. The number of aryl methyl sites for hydroxylation is 1. The summed E-state index contributed by atoms with van der Waals surface area (Å²) >= 11 is 7.28. The largest absolute Gasteiger partial charge is 0.298 e. The number of anilines is 1. The van der Waals surface area contributed by atoms with Crippen LogP contribution in [-0.2, 0) is 16.3 Å². The van der Waals surface area contributed by atoms with Crippen LogP contribution in [0.15, 0.2) is 41.3 Å². The lowest BCUT2D eigenvalue weighted by Crippen LogP contribution is -2.12. The molecule has 0 atom stereocenters. The first-order valence-electron chi connectivity index (χ1n) is 7.48. The Morgan fingerprint density at radius 3 is 2.68 bits per heavy atom. The monoisotopic (exact) mass is 394 g/mol. The van der Waals surface area contributed by atoms with E-state index in [0.29, 0.717) is 5.13 Å².